The quantitative estimate of drug-likeness (QED) is 0.506. The number of aromatic nitrogens is 2. The topological polar surface area (TPSA) is 97.2 Å². The van der Waals surface area contributed by atoms with E-state index in [9.17, 15) is 4.79 Å². The smallest absolute Gasteiger partial charge is 0.303 e. The zero-order valence-corrected chi connectivity index (χ0v) is 19.9. The number of rotatable bonds is 10. The zero-order valence-electron chi connectivity index (χ0n) is 18.2. The number of piperazine rings is 1. The van der Waals surface area contributed by atoms with E-state index in [1.807, 2.05) is 18.2 Å². The molecule has 0 spiro atoms. The summed E-state index contributed by atoms with van der Waals surface area (Å²) in [5.41, 5.74) is 0.979. The minimum atomic E-state index is -0.836. The van der Waals surface area contributed by atoms with Crippen LogP contribution in [0.4, 0.5) is 5.95 Å². The Bertz CT molecular complexity index is 836. The van der Waals surface area contributed by atoms with Crippen molar-refractivity contribution in [2.24, 2.45) is 0 Å². The average molecular weight is 489 g/mol. The fourth-order valence-corrected chi connectivity index (χ4v) is 3.42. The number of aliphatic carboxylic acids is 1. The molecule has 2 aromatic rings. The van der Waals surface area contributed by atoms with Crippen molar-refractivity contribution in [1.29, 1.82) is 0 Å². The molecular weight excluding hydrogens is 459 g/mol. The van der Waals surface area contributed by atoms with Crippen LogP contribution in [0.15, 0.2) is 30.6 Å². The number of anilines is 1. The lowest BCUT2D eigenvalue weighted by Crippen LogP contribution is -2.46. The van der Waals surface area contributed by atoms with Crippen LogP contribution in [0.5, 0.6) is 17.2 Å². The van der Waals surface area contributed by atoms with Crippen LogP contribution in [0.1, 0.15) is 18.4 Å². The number of carbonyl (C=O) groups is 1. The first kappa shape index (κ1) is 27.5. The van der Waals surface area contributed by atoms with E-state index in [1.54, 1.807) is 26.6 Å². The van der Waals surface area contributed by atoms with Gasteiger partial charge < -0.3 is 24.2 Å². The zero-order chi connectivity index (χ0) is 21.3. The molecule has 0 atom stereocenters. The highest BCUT2D eigenvalue weighted by Gasteiger charge is 2.22. The summed E-state index contributed by atoms with van der Waals surface area (Å²) in [5.74, 6) is 1.64. The van der Waals surface area contributed by atoms with E-state index in [4.69, 9.17) is 19.3 Å². The molecule has 9 nitrogen and oxygen atoms in total. The van der Waals surface area contributed by atoms with Gasteiger partial charge in [-0.25, -0.2) is 9.97 Å². The van der Waals surface area contributed by atoms with Crippen LogP contribution in [0.2, 0.25) is 0 Å². The van der Waals surface area contributed by atoms with Gasteiger partial charge in [0.2, 0.25) is 11.7 Å². The number of hydrogen-bond acceptors (Lipinski definition) is 8. The molecule has 32 heavy (non-hydrogen) atoms. The van der Waals surface area contributed by atoms with Crippen molar-refractivity contribution in [2.45, 2.75) is 19.4 Å². The normalized spacial score (nSPS) is 13.5. The molecule has 1 aromatic carbocycles. The molecule has 0 aliphatic carbocycles. The number of carboxylic acids is 1. The van der Waals surface area contributed by atoms with Gasteiger partial charge in [0.15, 0.2) is 11.5 Å². The number of halogens is 2. The third-order valence-corrected chi connectivity index (χ3v) is 4.96. The molecule has 2 heterocycles. The van der Waals surface area contributed by atoms with Crippen molar-refractivity contribution in [3.8, 4) is 17.2 Å². The summed E-state index contributed by atoms with van der Waals surface area (Å²) in [7, 11) is 3.15. The van der Waals surface area contributed by atoms with Crippen molar-refractivity contribution in [1.82, 2.24) is 14.9 Å². The third kappa shape index (κ3) is 7.29. The maximum absolute atomic E-state index is 10.8. The Morgan fingerprint density at radius 2 is 1.72 bits per heavy atom. The van der Waals surface area contributed by atoms with Crippen LogP contribution < -0.4 is 19.1 Å². The van der Waals surface area contributed by atoms with Gasteiger partial charge in [0.05, 0.1) is 20.8 Å². The lowest BCUT2D eigenvalue weighted by Gasteiger charge is -2.35. The number of benzene rings is 1. The van der Waals surface area contributed by atoms with Crippen LogP contribution in [0, 0.1) is 0 Å². The van der Waals surface area contributed by atoms with Gasteiger partial charge in [-0.15, -0.1) is 24.8 Å². The molecule has 0 amide bonds. The fraction of sp³-hybridized carbons (Fsp3) is 0.476. The SMILES string of the molecule is COc1ccc(CN2CCN(c3ncccn3)CC2)c(OCCCC(=O)O)c1OC.Cl.Cl. The summed E-state index contributed by atoms with van der Waals surface area (Å²) < 4.78 is 16.9. The van der Waals surface area contributed by atoms with E-state index >= 15 is 0 Å². The molecule has 0 unspecified atom stereocenters. The second kappa shape index (κ2) is 13.8. The summed E-state index contributed by atoms with van der Waals surface area (Å²) >= 11 is 0. The first-order chi connectivity index (χ1) is 14.6. The minimum Gasteiger partial charge on any atom is -0.493 e. The van der Waals surface area contributed by atoms with Crippen LogP contribution in [-0.4, -0.2) is 72.9 Å². The molecule has 178 valence electrons. The molecule has 1 N–H and O–H groups in total. The van der Waals surface area contributed by atoms with Crippen LogP contribution in [0.3, 0.4) is 0 Å². The van der Waals surface area contributed by atoms with Crippen molar-refractivity contribution < 1.29 is 24.1 Å². The average Bonchev–Trinajstić information content (AvgIpc) is 2.78. The Labute approximate surface area is 200 Å². The van der Waals surface area contributed by atoms with E-state index in [-0.39, 0.29) is 31.2 Å². The maximum atomic E-state index is 10.8. The molecule has 1 aliphatic rings. The number of carboxylic acid groups (broad SMARTS) is 1. The number of hydrogen-bond donors (Lipinski definition) is 1. The second-order valence-corrected chi connectivity index (χ2v) is 6.95. The Morgan fingerprint density at radius 1 is 1.03 bits per heavy atom. The van der Waals surface area contributed by atoms with Crippen molar-refractivity contribution >= 4 is 36.7 Å². The molecular formula is C21H30Cl2N4O5. The number of methoxy groups -OCH3 is 2. The highest BCUT2D eigenvalue weighted by atomic mass is 35.5. The van der Waals surface area contributed by atoms with E-state index in [0.29, 0.717) is 36.8 Å². The van der Waals surface area contributed by atoms with Crippen molar-refractivity contribution in [3.63, 3.8) is 0 Å². The van der Waals surface area contributed by atoms with Crippen LogP contribution >= 0.6 is 24.8 Å². The minimum absolute atomic E-state index is 0. The highest BCUT2D eigenvalue weighted by molar-refractivity contribution is 5.85. The summed E-state index contributed by atoms with van der Waals surface area (Å²) in [6.45, 7) is 4.40. The van der Waals surface area contributed by atoms with Crippen molar-refractivity contribution in [2.75, 3.05) is 51.9 Å². The molecule has 1 aliphatic heterocycles. The third-order valence-electron chi connectivity index (χ3n) is 4.96. The van der Waals surface area contributed by atoms with Gasteiger partial charge in [-0.1, -0.05) is 6.07 Å². The number of ether oxygens (including phenoxy) is 3. The van der Waals surface area contributed by atoms with E-state index in [0.717, 1.165) is 37.7 Å². The molecule has 0 radical (unpaired) electrons. The first-order valence-corrected chi connectivity index (χ1v) is 9.95. The monoisotopic (exact) mass is 488 g/mol. The van der Waals surface area contributed by atoms with Gasteiger partial charge in [-0.2, -0.15) is 0 Å². The fourth-order valence-electron chi connectivity index (χ4n) is 3.42. The molecule has 0 saturated carbocycles. The van der Waals surface area contributed by atoms with E-state index < -0.39 is 5.97 Å². The summed E-state index contributed by atoms with van der Waals surface area (Å²) in [5, 5.41) is 8.85. The Balaban J connectivity index is 0.00000256. The van der Waals surface area contributed by atoms with Gasteiger partial charge in [-0.3, -0.25) is 9.69 Å². The predicted octanol–water partition coefficient (Wildman–Crippen LogP) is 2.90. The summed E-state index contributed by atoms with van der Waals surface area (Å²) in [6.07, 6.45) is 3.99. The Kier molecular flexibility index (Phi) is 11.9. The molecule has 1 aromatic heterocycles. The standard InChI is InChI=1S/C21H28N4O5.2ClH/c1-28-17-7-6-16(19(20(17)29-2)30-14-3-5-18(26)27)15-24-10-12-25(13-11-24)21-22-8-4-9-23-21;;/h4,6-9H,3,5,10-15H2,1-2H3,(H,26,27);2*1H. The molecule has 1 saturated heterocycles. The highest BCUT2D eigenvalue weighted by Crippen LogP contribution is 2.40. The largest absolute Gasteiger partial charge is 0.493 e. The maximum Gasteiger partial charge on any atom is 0.303 e. The van der Waals surface area contributed by atoms with E-state index in [2.05, 4.69) is 19.8 Å². The molecule has 3 rings (SSSR count). The molecule has 0 bridgehead atoms. The Hall–Kier alpha value is -2.49. The summed E-state index contributed by atoms with van der Waals surface area (Å²) in [4.78, 5) is 23.9. The van der Waals surface area contributed by atoms with Crippen LogP contribution in [0.25, 0.3) is 0 Å². The van der Waals surface area contributed by atoms with Gasteiger partial charge >= 0.3 is 5.97 Å². The lowest BCUT2D eigenvalue weighted by molar-refractivity contribution is -0.137. The lowest BCUT2D eigenvalue weighted by atomic mass is 10.1. The van der Waals surface area contributed by atoms with Gasteiger partial charge in [-0.05, 0) is 18.6 Å². The Morgan fingerprint density at radius 3 is 2.31 bits per heavy atom. The van der Waals surface area contributed by atoms with Crippen LogP contribution in [-0.2, 0) is 11.3 Å². The van der Waals surface area contributed by atoms with Gasteiger partial charge in [0.25, 0.3) is 0 Å². The predicted molar refractivity (Wildman–Crippen MR) is 126 cm³/mol. The second-order valence-electron chi connectivity index (χ2n) is 6.95. The van der Waals surface area contributed by atoms with E-state index in [1.165, 1.54) is 0 Å². The summed E-state index contributed by atoms with van der Waals surface area (Å²) in [6, 6.07) is 5.65. The van der Waals surface area contributed by atoms with Crippen molar-refractivity contribution in [3.05, 3.63) is 36.2 Å². The first-order valence-electron chi connectivity index (χ1n) is 9.95. The van der Waals surface area contributed by atoms with Gasteiger partial charge in [0.1, 0.15) is 0 Å². The number of nitrogens with zero attached hydrogens (tertiary/aromatic N) is 4. The molecule has 1 fully saturated rings. The van der Waals surface area contributed by atoms with Gasteiger partial charge in [0, 0.05) is 57.1 Å². The molecule has 11 heteroatoms.